The molecule has 0 fully saturated rings. The lowest BCUT2D eigenvalue weighted by atomic mass is 9.84. The number of esters is 1. The van der Waals surface area contributed by atoms with E-state index < -0.39 is 11.9 Å². The van der Waals surface area contributed by atoms with Crippen molar-refractivity contribution in [2.24, 2.45) is 0 Å². The second-order valence-electron chi connectivity index (χ2n) is 9.57. The maximum atomic E-state index is 13.6. The summed E-state index contributed by atoms with van der Waals surface area (Å²) >= 11 is 0. The van der Waals surface area contributed by atoms with Crippen molar-refractivity contribution in [3.8, 4) is 40.2 Å². The van der Waals surface area contributed by atoms with Gasteiger partial charge in [-0.1, -0.05) is 18.7 Å². The molecule has 0 N–H and O–H groups in total. The molecule has 0 amide bonds. The summed E-state index contributed by atoms with van der Waals surface area (Å²) in [7, 11) is 6.08. The van der Waals surface area contributed by atoms with Crippen molar-refractivity contribution < 1.29 is 42.7 Å². The Kier molecular flexibility index (Phi) is 7.61. The lowest BCUT2D eigenvalue weighted by Gasteiger charge is -2.28. The van der Waals surface area contributed by atoms with E-state index in [-0.39, 0.29) is 24.6 Å². The van der Waals surface area contributed by atoms with Gasteiger partial charge in [0.05, 0.1) is 40.4 Å². The smallest absolute Gasteiger partial charge is 0.312 e. The van der Waals surface area contributed by atoms with Crippen molar-refractivity contribution in [3.05, 3.63) is 82.6 Å². The minimum Gasteiger partial charge on any atom is -0.493 e. The van der Waals surface area contributed by atoms with Gasteiger partial charge >= 0.3 is 5.97 Å². The lowest BCUT2D eigenvalue weighted by Crippen LogP contribution is -2.22. The van der Waals surface area contributed by atoms with Gasteiger partial charge in [-0.05, 0) is 48.9 Å². The highest BCUT2D eigenvalue weighted by Crippen LogP contribution is 2.52. The molecule has 0 aromatic heterocycles. The number of benzene rings is 3. The highest BCUT2D eigenvalue weighted by Gasteiger charge is 2.40. The molecule has 5 rings (SSSR count). The molecule has 2 heterocycles. The number of carbonyl (C=O) groups excluding carboxylic acids is 2. The molecule has 2 aliphatic rings. The SMILES string of the molecule is C=C(C)COc1c(OC)cccc1[C@@H]1CC(=O)Oc2ccc3c(c21)O/C(=C\c1ccc(OC)c(OC)c1OC)C3=O. The fraction of sp³-hybridized carbons (Fsp3) is 0.250. The summed E-state index contributed by atoms with van der Waals surface area (Å²) in [5.74, 6) is 1.71. The van der Waals surface area contributed by atoms with Crippen LogP contribution in [0.1, 0.15) is 46.3 Å². The van der Waals surface area contributed by atoms with E-state index in [0.29, 0.717) is 62.5 Å². The second kappa shape index (κ2) is 11.3. The van der Waals surface area contributed by atoms with Gasteiger partial charge in [0.1, 0.15) is 18.1 Å². The largest absolute Gasteiger partial charge is 0.493 e. The van der Waals surface area contributed by atoms with Crippen LogP contribution < -0.4 is 33.2 Å². The Morgan fingerprint density at radius 3 is 2.32 bits per heavy atom. The van der Waals surface area contributed by atoms with Crippen LogP contribution in [0.4, 0.5) is 0 Å². The van der Waals surface area contributed by atoms with Crippen LogP contribution in [-0.2, 0) is 4.79 Å². The molecule has 1 atom stereocenters. The number of fused-ring (bicyclic) bond motifs is 3. The molecule has 0 spiro atoms. The van der Waals surface area contributed by atoms with E-state index in [1.807, 2.05) is 19.1 Å². The van der Waals surface area contributed by atoms with Crippen molar-refractivity contribution in [2.45, 2.75) is 19.3 Å². The van der Waals surface area contributed by atoms with Crippen LogP contribution in [0.25, 0.3) is 6.08 Å². The highest BCUT2D eigenvalue weighted by molar-refractivity contribution is 6.15. The molecule has 0 saturated heterocycles. The monoisotopic (exact) mass is 558 g/mol. The lowest BCUT2D eigenvalue weighted by molar-refractivity contribution is -0.135. The Morgan fingerprint density at radius 1 is 0.902 bits per heavy atom. The maximum Gasteiger partial charge on any atom is 0.312 e. The fourth-order valence-corrected chi connectivity index (χ4v) is 5.07. The Hall–Kier alpha value is -4.92. The average molecular weight is 559 g/mol. The van der Waals surface area contributed by atoms with E-state index in [9.17, 15) is 9.59 Å². The number of Topliss-reactive ketones (excluding diaryl/α,β-unsaturated/α-hetero) is 1. The third-order valence-electron chi connectivity index (χ3n) is 6.87. The minimum absolute atomic E-state index is 0.0140. The van der Waals surface area contributed by atoms with Gasteiger partial charge in [-0.25, -0.2) is 0 Å². The molecule has 9 heteroatoms. The van der Waals surface area contributed by atoms with Gasteiger partial charge in [0.2, 0.25) is 11.5 Å². The molecule has 2 aliphatic heterocycles. The van der Waals surface area contributed by atoms with Crippen molar-refractivity contribution in [3.63, 3.8) is 0 Å². The summed E-state index contributed by atoms with van der Waals surface area (Å²) in [6, 6.07) is 12.2. The molecule has 3 aromatic rings. The van der Waals surface area contributed by atoms with Crippen LogP contribution in [0.2, 0.25) is 0 Å². The van der Waals surface area contributed by atoms with Crippen molar-refractivity contribution in [1.82, 2.24) is 0 Å². The Labute approximate surface area is 237 Å². The van der Waals surface area contributed by atoms with Crippen molar-refractivity contribution in [1.29, 1.82) is 0 Å². The van der Waals surface area contributed by atoms with E-state index in [1.54, 1.807) is 43.5 Å². The number of methoxy groups -OCH3 is 4. The van der Waals surface area contributed by atoms with Crippen molar-refractivity contribution in [2.75, 3.05) is 35.0 Å². The summed E-state index contributed by atoms with van der Waals surface area (Å²) in [6.45, 7) is 6.04. The third kappa shape index (κ3) is 4.95. The van der Waals surface area contributed by atoms with E-state index in [0.717, 1.165) is 5.57 Å². The Bertz CT molecular complexity index is 1580. The quantitative estimate of drug-likeness (QED) is 0.141. The molecule has 0 unspecified atom stereocenters. The Balaban J connectivity index is 1.63. The zero-order chi connectivity index (χ0) is 29.3. The normalized spacial score (nSPS) is 16.3. The fourth-order valence-electron chi connectivity index (χ4n) is 5.07. The van der Waals surface area contributed by atoms with E-state index in [1.165, 1.54) is 21.3 Å². The molecule has 3 aromatic carbocycles. The zero-order valence-corrected chi connectivity index (χ0v) is 23.5. The van der Waals surface area contributed by atoms with Crippen molar-refractivity contribution >= 4 is 17.8 Å². The summed E-state index contributed by atoms with van der Waals surface area (Å²) < 4.78 is 39.9. The molecule has 41 heavy (non-hydrogen) atoms. The average Bonchev–Trinajstić information content (AvgIpc) is 3.29. The molecule has 0 bridgehead atoms. The topological polar surface area (TPSA) is 98.8 Å². The molecular weight excluding hydrogens is 528 g/mol. The molecule has 212 valence electrons. The number of ketones is 1. The number of para-hydroxylation sites is 1. The van der Waals surface area contributed by atoms with Crippen LogP contribution >= 0.6 is 0 Å². The predicted molar refractivity (Wildman–Crippen MR) is 151 cm³/mol. The molecule has 9 nitrogen and oxygen atoms in total. The van der Waals surface area contributed by atoms with E-state index in [4.69, 9.17) is 33.2 Å². The third-order valence-corrected chi connectivity index (χ3v) is 6.87. The van der Waals surface area contributed by atoms with Gasteiger partial charge in [-0.3, -0.25) is 9.59 Å². The van der Waals surface area contributed by atoms with Gasteiger partial charge in [0, 0.05) is 22.6 Å². The standard InChI is InChI=1S/C32H30O9/c1-17(2)16-39-30-19(8-7-9-23(30)35-3)21-15-26(33)40-22-13-11-20-28(34)25(41-31(20)27(21)22)14-18-10-12-24(36-4)32(38-6)29(18)37-5/h7-14,21H,1,15-16H2,2-6H3/b25-14-/t21-/m0/s1. The highest BCUT2D eigenvalue weighted by atomic mass is 16.5. The molecular formula is C32H30O9. The summed E-state index contributed by atoms with van der Waals surface area (Å²) in [4.78, 5) is 26.3. The maximum absolute atomic E-state index is 13.6. The van der Waals surface area contributed by atoms with Gasteiger partial charge in [0.15, 0.2) is 28.8 Å². The number of carbonyl (C=O) groups is 2. The van der Waals surface area contributed by atoms with Gasteiger partial charge in [-0.2, -0.15) is 0 Å². The first-order chi connectivity index (χ1) is 19.8. The second-order valence-corrected chi connectivity index (χ2v) is 9.57. The number of ether oxygens (including phenoxy) is 7. The Morgan fingerprint density at radius 2 is 1.63 bits per heavy atom. The first-order valence-corrected chi connectivity index (χ1v) is 12.9. The van der Waals surface area contributed by atoms with Gasteiger partial charge < -0.3 is 33.2 Å². The predicted octanol–water partition coefficient (Wildman–Crippen LogP) is 5.73. The van der Waals surface area contributed by atoms with Gasteiger partial charge in [0.25, 0.3) is 0 Å². The first-order valence-electron chi connectivity index (χ1n) is 12.9. The molecule has 0 radical (unpaired) electrons. The molecule has 0 saturated carbocycles. The number of allylic oxidation sites excluding steroid dienone is 1. The first kappa shape index (κ1) is 27.6. The summed E-state index contributed by atoms with van der Waals surface area (Å²) in [5.41, 5.74) is 3.00. The van der Waals surface area contributed by atoms with E-state index in [2.05, 4.69) is 6.58 Å². The number of hydrogen-bond acceptors (Lipinski definition) is 9. The van der Waals surface area contributed by atoms with Crippen LogP contribution in [0.3, 0.4) is 0 Å². The molecule has 0 aliphatic carbocycles. The van der Waals surface area contributed by atoms with Crippen LogP contribution in [-0.4, -0.2) is 46.8 Å². The van der Waals surface area contributed by atoms with Crippen LogP contribution in [0.5, 0.6) is 40.2 Å². The zero-order valence-electron chi connectivity index (χ0n) is 23.5. The van der Waals surface area contributed by atoms with Crippen LogP contribution in [0, 0.1) is 0 Å². The summed E-state index contributed by atoms with van der Waals surface area (Å²) in [6.07, 6.45) is 1.60. The minimum atomic E-state index is -0.529. The van der Waals surface area contributed by atoms with E-state index >= 15 is 0 Å². The van der Waals surface area contributed by atoms with Crippen LogP contribution in [0.15, 0.2) is 60.4 Å². The number of hydrogen-bond donors (Lipinski definition) is 0. The van der Waals surface area contributed by atoms with Gasteiger partial charge in [-0.15, -0.1) is 0 Å². The number of rotatable bonds is 9. The summed E-state index contributed by atoms with van der Waals surface area (Å²) in [5, 5.41) is 0.